The number of nitrogens with one attached hydrogen (secondary N) is 1. The number of carbonyl (C=O) groups excluding carboxylic acids is 1. The molecule has 0 spiro atoms. The maximum Gasteiger partial charge on any atom is 0.285 e. The Morgan fingerprint density at radius 1 is 1.28 bits per heavy atom. The predicted molar refractivity (Wildman–Crippen MR) is 87.0 cm³/mol. The highest BCUT2D eigenvalue weighted by Gasteiger charge is 2.30. The van der Waals surface area contributed by atoms with Crippen molar-refractivity contribution in [3.05, 3.63) is 53.1 Å². The van der Waals surface area contributed by atoms with Gasteiger partial charge in [-0.25, -0.2) is 17.5 Å². The van der Waals surface area contributed by atoms with Gasteiger partial charge < -0.3 is 4.74 Å². The van der Waals surface area contributed by atoms with Crippen LogP contribution in [0.2, 0.25) is 0 Å². The van der Waals surface area contributed by atoms with Crippen LogP contribution in [0.1, 0.15) is 40.5 Å². The second-order valence-electron chi connectivity index (χ2n) is 5.77. The van der Waals surface area contributed by atoms with E-state index in [9.17, 15) is 17.6 Å². The van der Waals surface area contributed by atoms with Crippen molar-refractivity contribution in [2.45, 2.75) is 24.5 Å². The lowest BCUT2D eigenvalue weighted by atomic mass is 10.2. The number of methoxy groups -OCH3 is 1. The zero-order valence-corrected chi connectivity index (χ0v) is 14.2. The van der Waals surface area contributed by atoms with Gasteiger partial charge in [-0.15, -0.1) is 5.10 Å². The third kappa shape index (κ3) is 4.30. The molecular formula is C16H16FN3O4S. The Morgan fingerprint density at radius 2 is 1.96 bits per heavy atom. The van der Waals surface area contributed by atoms with Gasteiger partial charge >= 0.3 is 0 Å². The molecule has 0 atom stereocenters. The molecule has 1 fully saturated rings. The Morgan fingerprint density at radius 3 is 2.56 bits per heavy atom. The fourth-order valence-electron chi connectivity index (χ4n) is 2.33. The van der Waals surface area contributed by atoms with Crippen LogP contribution in [0.25, 0.3) is 0 Å². The second-order valence-corrected chi connectivity index (χ2v) is 7.50. The van der Waals surface area contributed by atoms with E-state index in [1.807, 2.05) is 4.72 Å². The van der Waals surface area contributed by atoms with E-state index >= 15 is 0 Å². The van der Waals surface area contributed by atoms with Gasteiger partial charge in [-0.2, -0.15) is 5.10 Å². The number of sulfonamides is 1. The summed E-state index contributed by atoms with van der Waals surface area (Å²) in [6.07, 6.45) is 1.98. The smallest absolute Gasteiger partial charge is 0.285 e. The number of carbonyl (C=O) groups is 1. The average molecular weight is 365 g/mol. The summed E-state index contributed by atoms with van der Waals surface area (Å²) in [6, 6.07) is 6.36. The Labute approximate surface area is 144 Å². The van der Waals surface area contributed by atoms with E-state index in [0.717, 1.165) is 25.0 Å². The summed E-state index contributed by atoms with van der Waals surface area (Å²) in [6.45, 7) is 0. The third-order valence-corrected chi connectivity index (χ3v) is 4.93. The van der Waals surface area contributed by atoms with E-state index in [2.05, 4.69) is 10.2 Å². The molecule has 25 heavy (non-hydrogen) atoms. The lowest BCUT2D eigenvalue weighted by Gasteiger charge is -2.09. The van der Waals surface area contributed by atoms with Gasteiger partial charge in [0.15, 0.2) is 5.69 Å². The molecule has 3 rings (SSSR count). The van der Waals surface area contributed by atoms with Gasteiger partial charge in [-0.3, -0.25) is 4.79 Å². The van der Waals surface area contributed by atoms with Crippen LogP contribution in [0.4, 0.5) is 4.39 Å². The molecule has 0 bridgehead atoms. The fourth-order valence-corrected chi connectivity index (χ4v) is 3.42. The molecule has 2 aromatic rings. The van der Waals surface area contributed by atoms with Crippen molar-refractivity contribution in [2.24, 2.45) is 0 Å². The summed E-state index contributed by atoms with van der Waals surface area (Å²) < 4.78 is 44.2. The molecule has 1 aromatic heterocycles. The van der Waals surface area contributed by atoms with E-state index < -0.39 is 27.5 Å². The molecule has 132 valence electrons. The summed E-state index contributed by atoms with van der Waals surface area (Å²) in [5, 5.41) is 7.78. The number of aromatic nitrogens is 2. The van der Waals surface area contributed by atoms with Gasteiger partial charge in [0.25, 0.3) is 5.91 Å². The van der Waals surface area contributed by atoms with Crippen molar-refractivity contribution in [3.63, 3.8) is 0 Å². The van der Waals surface area contributed by atoms with Crippen LogP contribution >= 0.6 is 0 Å². The van der Waals surface area contributed by atoms with Crippen LogP contribution in [0, 0.1) is 5.82 Å². The maximum atomic E-state index is 12.9. The number of amides is 1. The molecule has 1 aromatic carbocycles. The number of halogens is 1. The van der Waals surface area contributed by atoms with E-state index in [1.54, 1.807) is 0 Å². The number of hydrogen-bond donors (Lipinski definition) is 1. The van der Waals surface area contributed by atoms with Crippen LogP contribution in [0.5, 0.6) is 5.75 Å². The Kier molecular flexibility index (Phi) is 4.67. The molecule has 0 aliphatic heterocycles. The first kappa shape index (κ1) is 17.3. The molecular weight excluding hydrogens is 349 g/mol. The van der Waals surface area contributed by atoms with Crippen molar-refractivity contribution >= 4 is 15.9 Å². The summed E-state index contributed by atoms with van der Waals surface area (Å²) in [5.41, 5.74) is 0.881. The van der Waals surface area contributed by atoms with Gasteiger partial charge in [0.05, 0.1) is 12.9 Å². The number of rotatable bonds is 6. The molecule has 7 nitrogen and oxygen atoms in total. The second kappa shape index (κ2) is 6.75. The lowest BCUT2D eigenvalue weighted by Crippen LogP contribution is -2.32. The molecule has 1 aliphatic carbocycles. The predicted octanol–water partition coefficient (Wildman–Crippen LogP) is 1.76. The molecule has 0 radical (unpaired) electrons. The standard InChI is InChI=1S/C16H16FN3O4S/c1-24-14-8-13(18-19-15(14)11-4-5-11)16(21)20-25(22,23)9-10-2-6-12(17)7-3-10/h2-3,6-8,11H,4-5,9H2,1H3,(H,20,21). The minimum Gasteiger partial charge on any atom is -0.495 e. The number of ether oxygens (including phenoxy) is 1. The van der Waals surface area contributed by atoms with Gasteiger partial charge in [-0.05, 0) is 30.5 Å². The van der Waals surface area contributed by atoms with E-state index in [-0.39, 0.29) is 11.6 Å². The van der Waals surface area contributed by atoms with Crippen molar-refractivity contribution in [3.8, 4) is 5.75 Å². The topological polar surface area (TPSA) is 98.2 Å². The molecule has 1 saturated carbocycles. The van der Waals surface area contributed by atoms with Gasteiger partial charge in [0.1, 0.15) is 17.3 Å². The highest BCUT2D eigenvalue weighted by atomic mass is 32.2. The molecule has 1 aliphatic rings. The first-order chi connectivity index (χ1) is 11.9. The Hall–Kier alpha value is -2.55. The Bertz CT molecular complexity index is 896. The fraction of sp³-hybridized carbons (Fsp3) is 0.312. The summed E-state index contributed by atoms with van der Waals surface area (Å²) in [7, 11) is -2.50. The molecule has 0 saturated heterocycles. The molecule has 1 amide bonds. The Balaban J connectivity index is 1.73. The van der Waals surface area contributed by atoms with Gasteiger partial charge in [0.2, 0.25) is 10.0 Å². The van der Waals surface area contributed by atoms with Crippen molar-refractivity contribution in [2.75, 3.05) is 7.11 Å². The van der Waals surface area contributed by atoms with Gasteiger partial charge in [0, 0.05) is 12.0 Å². The summed E-state index contributed by atoms with van der Waals surface area (Å²) >= 11 is 0. The normalized spacial score (nSPS) is 14.2. The van der Waals surface area contributed by atoms with Crippen LogP contribution in [-0.4, -0.2) is 31.6 Å². The first-order valence-electron chi connectivity index (χ1n) is 7.59. The number of nitrogens with zero attached hydrogens (tertiary/aromatic N) is 2. The highest BCUT2D eigenvalue weighted by Crippen LogP contribution is 2.42. The minimum atomic E-state index is -3.96. The molecule has 1 N–H and O–H groups in total. The van der Waals surface area contributed by atoms with Crippen molar-refractivity contribution < 1.29 is 22.3 Å². The van der Waals surface area contributed by atoms with E-state index in [1.165, 1.54) is 25.3 Å². The van der Waals surface area contributed by atoms with Crippen molar-refractivity contribution in [1.82, 2.24) is 14.9 Å². The van der Waals surface area contributed by atoms with Crippen LogP contribution in [0.15, 0.2) is 30.3 Å². The lowest BCUT2D eigenvalue weighted by molar-refractivity contribution is 0.0975. The SMILES string of the molecule is COc1cc(C(=O)NS(=O)(=O)Cc2ccc(F)cc2)nnc1C1CC1. The van der Waals surface area contributed by atoms with Crippen LogP contribution < -0.4 is 9.46 Å². The van der Waals surface area contributed by atoms with Crippen molar-refractivity contribution in [1.29, 1.82) is 0 Å². The largest absolute Gasteiger partial charge is 0.495 e. The average Bonchev–Trinajstić information content (AvgIpc) is 3.40. The number of benzene rings is 1. The van der Waals surface area contributed by atoms with Crippen LogP contribution in [0.3, 0.4) is 0 Å². The summed E-state index contributed by atoms with van der Waals surface area (Å²) in [4.78, 5) is 12.2. The molecule has 1 heterocycles. The zero-order valence-electron chi connectivity index (χ0n) is 13.4. The van der Waals surface area contributed by atoms with Crippen LogP contribution in [-0.2, 0) is 15.8 Å². The minimum absolute atomic E-state index is 0.149. The monoisotopic (exact) mass is 365 g/mol. The first-order valence-corrected chi connectivity index (χ1v) is 9.24. The maximum absolute atomic E-state index is 12.9. The highest BCUT2D eigenvalue weighted by molar-refractivity contribution is 7.89. The van der Waals surface area contributed by atoms with Gasteiger partial charge in [-0.1, -0.05) is 12.1 Å². The molecule has 9 heteroatoms. The zero-order chi connectivity index (χ0) is 18.0. The summed E-state index contributed by atoms with van der Waals surface area (Å²) in [5.74, 6) is -1.12. The third-order valence-electron chi connectivity index (χ3n) is 3.72. The number of hydrogen-bond acceptors (Lipinski definition) is 6. The molecule has 0 unspecified atom stereocenters. The van der Waals surface area contributed by atoms with E-state index in [4.69, 9.17) is 4.74 Å². The van der Waals surface area contributed by atoms with E-state index in [0.29, 0.717) is 17.0 Å². The quantitative estimate of drug-likeness (QED) is 0.838.